The van der Waals surface area contributed by atoms with Gasteiger partial charge in [-0.3, -0.25) is 4.99 Å². The van der Waals surface area contributed by atoms with Gasteiger partial charge in [-0.1, -0.05) is 12.1 Å². The molecule has 0 aliphatic carbocycles. The van der Waals surface area contributed by atoms with Gasteiger partial charge in [-0.2, -0.15) is 0 Å². The minimum absolute atomic E-state index is 0.0702. The maximum absolute atomic E-state index is 10.5. The Labute approximate surface area is 178 Å². The van der Waals surface area contributed by atoms with Crippen LogP contribution in [0.3, 0.4) is 0 Å². The summed E-state index contributed by atoms with van der Waals surface area (Å²) < 4.78 is 0. The second kappa shape index (κ2) is 7.51. The van der Waals surface area contributed by atoms with E-state index in [1.54, 1.807) is 12.3 Å². The zero-order chi connectivity index (χ0) is 21.5. The fraction of sp³-hybridized carbons (Fsp3) is 0.458. The van der Waals surface area contributed by atoms with Crippen molar-refractivity contribution in [1.82, 2.24) is 15.5 Å². The van der Waals surface area contributed by atoms with E-state index in [9.17, 15) is 5.11 Å². The van der Waals surface area contributed by atoms with Crippen LogP contribution in [-0.4, -0.2) is 45.2 Å². The molecular weight excluding hydrogens is 374 g/mol. The first kappa shape index (κ1) is 20.5. The number of benzene rings is 1. The molecule has 2 aliphatic rings. The maximum atomic E-state index is 10.5. The van der Waals surface area contributed by atoms with Gasteiger partial charge in [0.2, 0.25) is 0 Å². The smallest absolute Gasteiger partial charge is 0.151 e. The van der Waals surface area contributed by atoms with Gasteiger partial charge in [0.15, 0.2) is 5.82 Å². The Morgan fingerprint density at radius 3 is 2.33 bits per heavy atom. The van der Waals surface area contributed by atoms with E-state index in [0.717, 1.165) is 36.4 Å². The minimum Gasteiger partial charge on any atom is -0.507 e. The largest absolute Gasteiger partial charge is 0.507 e. The molecule has 158 valence electrons. The first-order chi connectivity index (χ1) is 14.1. The molecule has 0 atom stereocenters. The second-order valence-corrected chi connectivity index (χ2v) is 9.74. The zero-order valence-corrected chi connectivity index (χ0v) is 18.5. The molecule has 4 rings (SSSR count). The number of nitrogens with one attached hydrogen (secondary N) is 1. The molecule has 3 heterocycles. The first-order valence-corrected chi connectivity index (χ1v) is 10.5. The van der Waals surface area contributed by atoms with Crippen LogP contribution in [0, 0.1) is 0 Å². The molecule has 2 N–H and O–H groups in total. The molecule has 6 heteroatoms. The summed E-state index contributed by atoms with van der Waals surface area (Å²) in [4.78, 5) is 6.56. The Kier molecular flexibility index (Phi) is 5.14. The number of anilines is 1. The van der Waals surface area contributed by atoms with Crippen LogP contribution >= 0.6 is 0 Å². The quantitative estimate of drug-likeness (QED) is 0.793. The molecule has 1 aromatic heterocycles. The standard InChI is InChI=1S/C24H31N5O/c1-23(2)14-17(15-24(3,4)28-23)29(5)22-11-10-20(26-27-22)18-9-8-16(13-21(18)30)19-7-6-12-25-19/h6,8-13,17,28,30H,7,14-15H2,1-5H3. The van der Waals surface area contributed by atoms with E-state index in [0.29, 0.717) is 17.3 Å². The maximum Gasteiger partial charge on any atom is 0.151 e. The van der Waals surface area contributed by atoms with Gasteiger partial charge in [0, 0.05) is 42.4 Å². The number of phenolic OH excluding ortho intramolecular Hbond substituents is 1. The van der Waals surface area contributed by atoms with E-state index in [2.05, 4.69) is 60.1 Å². The highest BCUT2D eigenvalue weighted by Gasteiger charge is 2.39. The van der Waals surface area contributed by atoms with E-state index in [4.69, 9.17) is 0 Å². The molecule has 1 aromatic carbocycles. The lowest BCUT2D eigenvalue weighted by molar-refractivity contribution is 0.160. The normalized spacial score (nSPS) is 20.2. The predicted octanol–water partition coefficient (Wildman–Crippen LogP) is 4.30. The van der Waals surface area contributed by atoms with Crippen molar-refractivity contribution in [2.75, 3.05) is 11.9 Å². The Hall–Kier alpha value is -2.73. The summed E-state index contributed by atoms with van der Waals surface area (Å²) in [5, 5.41) is 23.2. The van der Waals surface area contributed by atoms with Gasteiger partial charge < -0.3 is 15.3 Å². The molecule has 1 fully saturated rings. The van der Waals surface area contributed by atoms with Crippen LogP contribution in [0.1, 0.15) is 52.5 Å². The van der Waals surface area contributed by atoms with E-state index in [1.807, 2.05) is 30.3 Å². The van der Waals surface area contributed by atoms with Crippen molar-refractivity contribution in [2.45, 2.75) is 64.1 Å². The molecule has 1 saturated heterocycles. The first-order valence-electron chi connectivity index (χ1n) is 10.5. The number of nitrogens with zero attached hydrogens (tertiary/aromatic N) is 4. The highest BCUT2D eigenvalue weighted by atomic mass is 16.3. The summed E-state index contributed by atoms with van der Waals surface area (Å²) in [6.45, 7) is 9.01. The number of aromatic hydroxyl groups is 1. The molecule has 0 spiro atoms. The average Bonchev–Trinajstić information content (AvgIpc) is 3.20. The molecular formula is C24H31N5O. The van der Waals surface area contributed by atoms with Gasteiger partial charge in [-0.25, -0.2) is 0 Å². The topological polar surface area (TPSA) is 73.6 Å². The van der Waals surface area contributed by atoms with Gasteiger partial charge in [0.05, 0.1) is 11.4 Å². The van der Waals surface area contributed by atoms with Gasteiger partial charge in [0.1, 0.15) is 5.75 Å². The summed E-state index contributed by atoms with van der Waals surface area (Å²) in [6, 6.07) is 9.91. The molecule has 2 aliphatic heterocycles. The van der Waals surface area contributed by atoms with Crippen molar-refractivity contribution in [3.8, 4) is 17.0 Å². The van der Waals surface area contributed by atoms with Crippen LogP contribution in [0.2, 0.25) is 0 Å². The third-order valence-electron chi connectivity index (χ3n) is 5.98. The van der Waals surface area contributed by atoms with Gasteiger partial charge in [0.25, 0.3) is 0 Å². The van der Waals surface area contributed by atoms with Gasteiger partial charge in [-0.05, 0) is 70.4 Å². The molecule has 0 unspecified atom stereocenters. The fourth-order valence-electron chi connectivity index (χ4n) is 4.87. The van der Waals surface area contributed by atoms with Crippen LogP contribution < -0.4 is 10.2 Å². The summed E-state index contributed by atoms with van der Waals surface area (Å²) >= 11 is 0. The van der Waals surface area contributed by atoms with Gasteiger partial charge in [-0.15, -0.1) is 10.2 Å². The second-order valence-electron chi connectivity index (χ2n) is 9.74. The summed E-state index contributed by atoms with van der Waals surface area (Å²) in [7, 11) is 2.09. The molecule has 0 amide bonds. The summed E-state index contributed by atoms with van der Waals surface area (Å²) in [5.41, 5.74) is 3.38. The molecule has 2 aromatic rings. The van der Waals surface area contributed by atoms with Crippen LogP contribution in [0.25, 0.3) is 11.3 Å². The van der Waals surface area contributed by atoms with Crippen LogP contribution in [0.5, 0.6) is 5.75 Å². The van der Waals surface area contributed by atoms with E-state index < -0.39 is 0 Å². The van der Waals surface area contributed by atoms with Crippen molar-refractivity contribution < 1.29 is 5.11 Å². The number of rotatable bonds is 4. The monoisotopic (exact) mass is 405 g/mol. The van der Waals surface area contributed by atoms with Crippen molar-refractivity contribution >= 4 is 11.5 Å². The number of aliphatic imine (C=N–C) groups is 1. The SMILES string of the molecule is CN(c1ccc(-c2ccc(C3=NC=CC3)cc2O)nn1)C1CC(C)(C)NC(C)(C)C1. The fourth-order valence-corrected chi connectivity index (χ4v) is 4.87. The Morgan fingerprint density at radius 2 is 1.77 bits per heavy atom. The molecule has 6 nitrogen and oxygen atoms in total. The molecule has 0 saturated carbocycles. The average molecular weight is 406 g/mol. The third-order valence-corrected chi connectivity index (χ3v) is 5.98. The Bertz CT molecular complexity index is 975. The molecule has 0 radical (unpaired) electrons. The lowest BCUT2D eigenvalue weighted by Crippen LogP contribution is -2.62. The van der Waals surface area contributed by atoms with Crippen molar-refractivity contribution in [1.29, 1.82) is 0 Å². The number of hydrogen-bond acceptors (Lipinski definition) is 6. The van der Waals surface area contributed by atoms with Crippen LogP contribution in [0.15, 0.2) is 47.6 Å². The lowest BCUT2D eigenvalue weighted by atomic mass is 9.79. The number of hydrogen-bond donors (Lipinski definition) is 2. The number of phenols is 1. The Balaban J connectivity index is 1.53. The highest BCUT2D eigenvalue weighted by molar-refractivity contribution is 6.03. The zero-order valence-electron chi connectivity index (χ0n) is 18.5. The number of piperidine rings is 1. The van der Waals surface area contributed by atoms with E-state index in [1.165, 1.54) is 0 Å². The highest BCUT2D eigenvalue weighted by Crippen LogP contribution is 2.34. The summed E-state index contributed by atoms with van der Waals surface area (Å²) in [5.74, 6) is 1.04. The van der Waals surface area contributed by atoms with Crippen molar-refractivity contribution in [2.24, 2.45) is 4.99 Å². The van der Waals surface area contributed by atoms with Crippen molar-refractivity contribution in [3.05, 3.63) is 48.2 Å². The van der Waals surface area contributed by atoms with Gasteiger partial charge >= 0.3 is 0 Å². The van der Waals surface area contributed by atoms with Crippen molar-refractivity contribution in [3.63, 3.8) is 0 Å². The molecule has 30 heavy (non-hydrogen) atoms. The van der Waals surface area contributed by atoms with E-state index in [-0.39, 0.29) is 16.8 Å². The number of allylic oxidation sites excluding steroid dienone is 1. The van der Waals surface area contributed by atoms with E-state index >= 15 is 0 Å². The summed E-state index contributed by atoms with van der Waals surface area (Å²) in [6.07, 6.45) is 6.68. The Morgan fingerprint density at radius 1 is 1.03 bits per heavy atom. The molecule has 0 bridgehead atoms. The van der Waals surface area contributed by atoms with Crippen LogP contribution in [0.4, 0.5) is 5.82 Å². The third kappa shape index (κ3) is 4.24. The predicted molar refractivity (Wildman–Crippen MR) is 122 cm³/mol. The minimum atomic E-state index is 0.0702. The number of aromatic nitrogens is 2. The van der Waals surface area contributed by atoms with Crippen LogP contribution in [-0.2, 0) is 0 Å². The lowest BCUT2D eigenvalue weighted by Gasteiger charge is -2.49.